The van der Waals surface area contributed by atoms with Crippen molar-refractivity contribution in [2.75, 3.05) is 7.11 Å². The van der Waals surface area contributed by atoms with Crippen molar-refractivity contribution in [2.24, 2.45) is 0 Å². The summed E-state index contributed by atoms with van der Waals surface area (Å²) in [4.78, 5) is 10.8. The Kier molecular flexibility index (Phi) is 4.56. The van der Waals surface area contributed by atoms with Gasteiger partial charge >= 0.3 is 0 Å². The standard InChI is InChI=1S/C17H16O3/c1-3-13-4-6-14(7-5-13)12-20-16-9-8-15(11-18)17(10-16)19-2/h3-11H,1,12H2,2H3. The molecule has 0 bridgehead atoms. The van der Waals surface area contributed by atoms with Gasteiger partial charge in [0, 0.05) is 6.07 Å². The van der Waals surface area contributed by atoms with Gasteiger partial charge in [-0.1, -0.05) is 36.9 Å². The Morgan fingerprint density at radius 2 is 1.90 bits per heavy atom. The third kappa shape index (κ3) is 3.26. The van der Waals surface area contributed by atoms with E-state index >= 15 is 0 Å². The molecule has 0 fully saturated rings. The maximum absolute atomic E-state index is 10.8. The molecule has 0 amide bonds. The fourth-order valence-corrected chi connectivity index (χ4v) is 1.80. The van der Waals surface area contributed by atoms with E-state index in [1.165, 1.54) is 7.11 Å². The van der Waals surface area contributed by atoms with Gasteiger partial charge in [0.1, 0.15) is 18.1 Å². The van der Waals surface area contributed by atoms with Crippen LogP contribution in [-0.2, 0) is 6.61 Å². The average molecular weight is 268 g/mol. The van der Waals surface area contributed by atoms with Crippen molar-refractivity contribution in [3.8, 4) is 11.5 Å². The van der Waals surface area contributed by atoms with Crippen molar-refractivity contribution < 1.29 is 14.3 Å². The van der Waals surface area contributed by atoms with Crippen LogP contribution in [0.4, 0.5) is 0 Å². The predicted octanol–water partition coefficient (Wildman–Crippen LogP) is 3.73. The van der Waals surface area contributed by atoms with E-state index in [1.807, 2.05) is 24.3 Å². The summed E-state index contributed by atoms with van der Waals surface area (Å²) in [7, 11) is 1.53. The monoisotopic (exact) mass is 268 g/mol. The molecule has 0 spiro atoms. The summed E-state index contributed by atoms with van der Waals surface area (Å²) in [6.45, 7) is 4.18. The van der Waals surface area contributed by atoms with E-state index in [0.29, 0.717) is 23.7 Å². The Balaban J connectivity index is 2.06. The SMILES string of the molecule is C=Cc1ccc(COc2ccc(C=O)c(OC)c2)cc1. The second-order valence-corrected chi connectivity index (χ2v) is 4.26. The Labute approximate surface area is 118 Å². The number of hydrogen-bond donors (Lipinski definition) is 0. The lowest BCUT2D eigenvalue weighted by atomic mass is 10.1. The summed E-state index contributed by atoms with van der Waals surface area (Å²) < 4.78 is 10.8. The Hall–Kier alpha value is -2.55. The van der Waals surface area contributed by atoms with Crippen LogP contribution < -0.4 is 9.47 Å². The normalized spacial score (nSPS) is 9.85. The van der Waals surface area contributed by atoms with Crippen LogP contribution in [-0.4, -0.2) is 13.4 Å². The number of benzene rings is 2. The van der Waals surface area contributed by atoms with Crippen molar-refractivity contribution >= 4 is 12.4 Å². The molecule has 0 heterocycles. The molecule has 3 heteroatoms. The van der Waals surface area contributed by atoms with Crippen LogP contribution in [0, 0.1) is 0 Å². The first kappa shape index (κ1) is 13.9. The van der Waals surface area contributed by atoms with Crippen LogP contribution in [0.1, 0.15) is 21.5 Å². The van der Waals surface area contributed by atoms with Crippen molar-refractivity contribution in [2.45, 2.75) is 6.61 Å². The van der Waals surface area contributed by atoms with Crippen LogP contribution in [0.5, 0.6) is 11.5 Å². The summed E-state index contributed by atoms with van der Waals surface area (Å²) in [5, 5.41) is 0. The molecule has 0 aliphatic heterocycles. The molecule has 0 N–H and O–H groups in total. The highest BCUT2D eigenvalue weighted by Crippen LogP contribution is 2.24. The molecule has 2 aromatic carbocycles. The van der Waals surface area contributed by atoms with Gasteiger partial charge in [0.2, 0.25) is 0 Å². The molecular formula is C17H16O3. The molecule has 3 nitrogen and oxygen atoms in total. The van der Waals surface area contributed by atoms with Gasteiger partial charge in [-0.05, 0) is 23.3 Å². The molecule has 2 aromatic rings. The molecule has 102 valence electrons. The zero-order chi connectivity index (χ0) is 14.4. The summed E-state index contributed by atoms with van der Waals surface area (Å²) in [5.41, 5.74) is 2.65. The number of methoxy groups -OCH3 is 1. The van der Waals surface area contributed by atoms with E-state index in [1.54, 1.807) is 24.3 Å². The highest BCUT2D eigenvalue weighted by atomic mass is 16.5. The maximum atomic E-state index is 10.8. The highest BCUT2D eigenvalue weighted by Gasteiger charge is 2.04. The Morgan fingerprint density at radius 1 is 1.15 bits per heavy atom. The van der Waals surface area contributed by atoms with Gasteiger partial charge in [-0.15, -0.1) is 0 Å². The molecule has 0 aromatic heterocycles. The average Bonchev–Trinajstić information content (AvgIpc) is 2.53. The molecule has 0 saturated heterocycles. The smallest absolute Gasteiger partial charge is 0.153 e. The molecule has 2 rings (SSSR count). The lowest BCUT2D eigenvalue weighted by molar-refractivity contribution is 0.112. The number of rotatable bonds is 6. The highest BCUT2D eigenvalue weighted by molar-refractivity contribution is 5.79. The van der Waals surface area contributed by atoms with Crippen LogP contribution >= 0.6 is 0 Å². The minimum absolute atomic E-state index is 0.459. The van der Waals surface area contributed by atoms with Crippen molar-refractivity contribution in [1.29, 1.82) is 0 Å². The van der Waals surface area contributed by atoms with Crippen LogP contribution in [0.3, 0.4) is 0 Å². The predicted molar refractivity (Wildman–Crippen MR) is 79.2 cm³/mol. The topological polar surface area (TPSA) is 35.5 Å². The second kappa shape index (κ2) is 6.57. The van der Waals surface area contributed by atoms with Crippen LogP contribution in [0.15, 0.2) is 49.0 Å². The minimum Gasteiger partial charge on any atom is -0.496 e. The molecule has 20 heavy (non-hydrogen) atoms. The lowest BCUT2D eigenvalue weighted by Crippen LogP contribution is -1.97. The number of aldehydes is 1. The van der Waals surface area contributed by atoms with Crippen molar-refractivity contribution in [1.82, 2.24) is 0 Å². The van der Waals surface area contributed by atoms with Gasteiger partial charge < -0.3 is 9.47 Å². The largest absolute Gasteiger partial charge is 0.496 e. The third-order valence-corrected chi connectivity index (χ3v) is 2.95. The van der Waals surface area contributed by atoms with E-state index < -0.39 is 0 Å². The molecule has 0 aliphatic carbocycles. The first-order valence-electron chi connectivity index (χ1n) is 6.24. The lowest BCUT2D eigenvalue weighted by Gasteiger charge is -2.09. The first-order chi connectivity index (χ1) is 9.76. The van der Waals surface area contributed by atoms with E-state index in [2.05, 4.69) is 6.58 Å². The van der Waals surface area contributed by atoms with Crippen molar-refractivity contribution in [3.05, 3.63) is 65.7 Å². The zero-order valence-corrected chi connectivity index (χ0v) is 11.3. The maximum Gasteiger partial charge on any atom is 0.153 e. The van der Waals surface area contributed by atoms with Gasteiger partial charge in [0.25, 0.3) is 0 Å². The Bertz CT molecular complexity index is 600. The van der Waals surface area contributed by atoms with Gasteiger partial charge in [0.15, 0.2) is 6.29 Å². The number of carbonyl (C=O) groups excluding carboxylic acids is 1. The van der Waals surface area contributed by atoms with Crippen molar-refractivity contribution in [3.63, 3.8) is 0 Å². The number of carbonyl (C=O) groups is 1. The number of ether oxygens (including phenoxy) is 2. The van der Waals surface area contributed by atoms with Gasteiger partial charge in [-0.3, -0.25) is 4.79 Å². The fourth-order valence-electron chi connectivity index (χ4n) is 1.80. The summed E-state index contributed by atoms with van der Waals surface area (Å²) in [6, 6.07) is 13.1. The molecule has 0 saturated carbocycles. The quantitative estimate of drug-likeness (QED) is 0.749. The molecule has 0 unspecified atom stereocenters. The van der Waals surface area contributed by atoms with E-state index in [9.17, 15) is 4.79 Å². The Morgan fingerprint density at radius 3 is 2.50 bits per heavy atom. The summed E-state index contributed by atoms with van der Waals surface area (Å²) in [5.74, 6) is 1.18. The van der Waals surface area contributed by atoms with Crippen LogP contribution in [0.25, 0.3) is 6.08 Å². The molecule has 0 atom stereocenters. The molecule has 0 aliphatic rings. The first-order valence-corrected chi connectivity index (χ1v) is 6.24. The third-order valence-electron chi connectivity index (χ3n) is 2.95. The van der Waals surface area contributed by atoms with E-state index in [-0.39, 0.29) is 0 Å². The zero-order valence-electron chi connectivity index (χ0n) is 11.3. The summed E-state index contributed by atoms with van der Waals surface area (Å²) in [6.07, 6.45) is 2.56. The minimum atomic E-state index is 0.459. The van der Waals surface area contributed by atoms with E-state index in [4.69, 9.17) is 9.47 Å². The molecular weight excluding hydrogens is 252 g/mol. The van der Waals surface area contributed by atoms with E-state index in [0.717, 1.165) is 17.4 Å². The summed E-state index contributed by atoms with van der Waals surface area (Å²) >= 11 is 0. The fraction of sp³-hybridized carbons (Fsp3) is 0.118. The van der Waals surface area contributed by atoms with Gasteiger partial charge in [0.05, 0.1) is 12.7 Å². The molecule has 0 radical (unpaired) electrons. The van der Waals surface area contributed by atoms with Gasteiger partial charge in [-0.2, -0.15) is 0 Å². The van der Waals surface area contributed by atoms with Crippen LogP contribution in [0.2, 0.25) is 0 Å². The second-order valence-electron chi connectivity index (χ2n) is 4.26. The number of hydrogen-bond acceptors (Lipinski definition) is 3. The van der Waals surface area contributed by atoms with Gasteiger partial charge in [-0.25, -0.2) is 0 Å².